The van der Waals surface area contributed by atoms with Gasteiger partial charge in [-0.15, -0.1) is 5.11 Å². The largest absolute Gasteiger partial charge is 0.461 e. The number of hydrogen-bond acceptors (Lipinski definition) is 4. The molecular formula is C21H27FN4O2. The van der Waals surface area contributed by atoms with Gasteiger partial charge in [0.15, 0.2) is 5.69 Å². The molecule has 1 N–H and O–H groups in total. The first-order chi connectivity index (χ1) is 13.2. The molecule has 1 aliphatic heterocycles. The SMILES string of the molecule is CCOC(=O)c1[nH]c2ccc(F)cc2c1N=NN1C[C@@]2(C)C[C@H]1CC(C)(C)C2. The van der Waals surface area contributed by atoms with E-state index in [-0.39, 0.29) is 28.9 Å². The van der Waals surface area contributed by atoms with E-state index in [1.807, 2.05) is 5.01 Å². The van der Waals surface area contributed by atoms with Gasteiger partial charge in [0.2, 0.25) is 0 Å². The van der Waals surface area contributed by atoms with Crippen molar-refractivity contribution in [2.45, 2.75) is 53.0 Å². The smallest absolute Gasteiger partial charge is 0.357 e. The fourth-order valence-corrected chi connectivity index (χ4v) is 5.24. The molecule has 1 aliphatic carbocycles. The van der Waals surface area contributed by atoms with Crippen LogP contribution < -0.4 is 0 Å². The number of hydrogen-bond donors (Lipinski definition) is 1. The van der Waals surface area contributed by atoms with E-state index in [0.717, 1.165) is 25.8 Å². The highest BCUT2D eigenvalue weighted by atomic mass is 19.1. The van der Waals surface area contributed by atoms with Gasteiger partial charge in [-0.05, 0) is 55.2 Å². The summed E-state index contributed by atoms with van der Waals surface area (Å²) < 4.78 is 18.9. The molecule has 2 atom stereocenters. The number of esters is 1. The van der Waals surface area contributed by atoms with Gasteiger partial charge >= 0.3 is 5.97 Å². The fraction of sp³-hybridized carbons (Fsp3) is 0.571. The number of aromatic nitrogens is 1. The summed E-state index contributed by atoms with van der Waals surface area (Å²) in [4.78, 5) is 15.4. The van der Waals surface area contributed by atoms with Crippen molar-refractivity contribution in [2.75, 3.05) is 13.2 Å². The van der Waals surface area contributed by atoms with E-state index in [2.05, 4.69) is 36.1 Å². The van der Waals surface area contributed by atoms with Crippen molar-refractivity contribution in [1.29, 1.82) is 0 Å². The van der Waals surface area contributed by atoms with Gasteiger partial charge in [-0.2, -0.15) is 0 Å². The van der Waals surface area contributed by atoms with Crippen LogP contribution in [0.25, 0.3) is 10.9 Å². The third kappa shape index (κ3) is 3.38. The molecule has 0 amide bonds. The molecule has 1 saturated carbocycles. The Kier molecular flexibility index (Phi) is 4.43. The molecule has 150 valence electrons. The van der Waals surface area contributed by atoms with Crippen molar-refractivity contribution in [2.24, 2.45) is 21.2 Å². The van der Waals surface area contributed by atoms with Crippen LogP contribution in [0.2, 0.25) is 0 Å². The summed E-state index contributed by atoms with van der Waals surface area (Å²) in [7, 11) is 0. The first-order valence-electron chi connectivity index (χ1n) is 9.86. The highest BCUT2D eigenvalue weighted by molar-refractivity contribution is 6.04. The van der Waals surface area contributed by atoms with Crippen molar-refractivity contribution in [3.8, 4) is 0 Å². The second-order valence-electron chi connectivity index (χ2n) is 9.26. The molecule has 1 aromatic carbocycles. The summed E-state index contributed by atoms with van der Waals surface area (Å²) in [6.45, 7) is 9.76. The zero-order chi connectivity index (χ0) is 20.1. The first kappa shape index (κ1) is 18.9. The van der Waals surface area contributed by atoms with Crippen LogP contribution in [-0.2, 0) is 4.74 Å². The van der Waals surface area contributed by atoms with Crippen molar-refractivity contribution < 1.29 is 13.9 Å². The molecule has 7 heteroatoms. The normalized spacial score (nSPS) is 26.3. The van der Waals surface area contributed by atoms with Crippen LogP contribution in [0.1, 0.15) is 57.4 Å². The van der Waals surface area contributed by atoms with Crippen LogP contribution >= 0.6 is 0 Å². The quantitative estimate of drug-likeness (QED) is 0.566. The van der Waals surface area contributed by atoms with Crippen LogP contribution in [-0.4, -0.2) is 35.2 Å². The predicted octanol–water partition coefficient (Wildman–Crippen LogP) is 5.38. The Morgan fingerprint density at radius 3 is 2.89 bits per heavy atom. The molecule has 2 aromatic rings. The van der Waals surface area contributed by atoms with E-state index in [4.69, 9.17) is 4.74 Å². The predicted molar refractivity (Wildman–Crippen MR) is 105 cm³/mol. The number of halogens is 1. The molecule has 6 nitrogen and oxygen atoms in total. The maximum atomic E-state index is 13.8. The van der Waals surface area contributed by atoms with Crippen LogP contribution in [0.15, 0.2) is 28.5 Å². The molecule has 2 fully saturated rings. The molecule has 0 spiro atoms. The number of H-pyrrole nitrogens is 1. The van der Waals surface area contributed by atoms with Gasteiger partial charge in [0, 0.05) is 23.5 Å². The number of nitrogens with zero attached hydrogens (tertiary/aromatic N) is 3. The zero-order valence-electron chi connectivity index (χ0n) is 16.9. The summed E-state index contributed by atoms with van der Waals surface area (Å²) in [5.41, 5.74) is 1.68. The standard InChI is InChI=1S/C21H27FN4O2/c1-5-28-19(27)18-17(15-8-13(22)6-7-16(15)23-18)24-25-26-12-21(4)10-14(26)9-20(2,3)11-21/h6-8,14,23H,5,9-12H2,1-4H3/t14-,21+/m1/s1. The van der Waals surface area contributed by atoms with E-state index in [1.54, 1.807) is 13.0 Å². The molecule has 1 saturated heterocycles. The second-order valence-corrected chi connectivity index (χ2v) is 9.26. The summed E-state index contributed by atoms with van der Waals surface area (Å²) in [6, 6.07) is 4.65. The number of ether oxygens (including phenoxy) is 1. The third-order valence-corrected chi connectivity index (χ3v) is 5.86. The molecule has 2 heterocycles. The van der Waals surface area contributed by atoms with Crippen LogP contribution in [0, 0.1) is 16.6 Å². The third-order valence-electron chi connectivity index (χ3n) is 5.86. The van der Waals surface area contributed by atoms with Gasteiger partial charge in [0.25, 0.3) is 0 Å². The van der Waals surface area contributed by atoms with Crippen molar-refractivity contribution in [3.63, 3.8) is 0 Å². The van der Waals surface area contributed by atoms with Crippen molar-refractivity contribution >= 4 is 22.6 Å². The molecule has 28 heavy (non-hydrogen) atoms. The summed E-state index contributed by atoms with van der Waals surface area (Å²) in [5, 5.41) is 11.5. The fourth-order valence-electron chi connectivity index (χ4n) is 5.24. The van der Waals surface area contributed by atoms with E-state index in [1.165, 1.54) is 12.1 Å². The van der Waals surface area contributed by atoms with Crippen LogP contribution in [0.5, 0.6) is 0 Å². The monoisotopic (exact) mass is 386 g/mol. The number of carbonyl (C=O) groups excluding carboxylic acids is 1. The van der Waals surface area contributed by atoms with E-state index >= 15 is 0 Å². The maximum absolute atomic E-state index is 13.8. The molecule has 2 bridgehead atoms. The Labute approximate surface area is 164 Å². The lowest BCUT2D eigenvalue weighted by molar-refractivity contribution is 0.0521. The van der Waals surface area contributed by atoms with Gasteiger partial charge in [-0.25, -0.2) is 9.18 Å². The minimum Gasteiger partial charge on any atom is -0.461 e. The maximum Gasteiger partial charge on any atom is 0.357 e. The Bertz CT molecular complexity index is 951. The summed E-state index contributed by atoms with van der Waals surface area (Å²) >= 11 is 0. The van der Waals surface area contributed by atoms with E-state index in [9.17, 15) is 9.18 Å². The minimum atomic E-state index is -0.513. The number of fused-ring (bicyclic) bond motifs is 3. The molecule has 0 unspecified atom stereocenters. The molecule has 1 aromatic heterocycles. The lowest BCUT2D eigenvalue weighted by Crippen LogP contribution is -2.33. The van der Waals surface area contributed by atoms with Gasteiger partial charge in [-0.1, -0.05) is 26.0 Å². The molecular weight excluding hydrogens is 359 g/mol. The highest BCUT2D eigenvalue weighted by Crippen LogP contribution is 2.52. The van der Waals surface area contributed by atoms with Crippen molar-refractivity contribution in [3.05, 3.63) is 29.7 Å². The minimum absolute atomic E-state index is 0.208. The number of benzene rings is 1. The Morgan fingerprint density at radius 1 is 1.36 bits per heavy atom. The van der Waals surface area contributed by atoms with Gasteiger partial charge in [0.05, 0.1) is 6.61 Å². The first-order valence-corrected chi connectivity index (χ1v) is 9.86. The summed E-state index contributed by atoms with van der Waals surface area (Å²) in [5.74, 6) is -0.897. The lowest BCUT2D eigenvalue weighted by atomic mass is 9.65. The van der Waals surface area contributed by atoms with Crippen LogP contribution in [0.3, 0.4) is 0 Å². The Morgan fingerprint density at radius 2 is 2.14 bits per heavy atom. The lowest BCUT2D eigenvalue weighted by Gasteiger charge is -2.39. The van der Waals surface area contributed by atoms with Gasteiger partial charge < -0.3 is 9.72 Å². The molecule has 2 aliphatic rings. The van der Waals surface area contributed by atoms with E-state index in [0.29, 0.717) is 22.6 Å². The average molecular weight is 386 g/mol. The molecule has 4 rings (SSSR count). The number of nitrogens with one attached hydrogen (secondary N) is 1. The second kappa shape index (κ2) is 6.57. The topological polar surface area (TPSA) is 70.0 Å². The highest BCUT2D eigenvalue weighted by Gasteiger charge is 2.49. The van der Waals surface area contributed by atoms with Gasteiger partial charge in [0.1, 0.15) is 11.5 Å². The van der Waals surface area contributed by atoms with E-state index < -0.39 is 5.97 Å². The van der Waals surface area contributed by atoms with Crippen molar-refractivity contribution in [1.82, 2.24) is 9.99 Å². The van der Waals surface area contributed by atoms with Gasteiger partial charge in [-0.3, -0.25) is 5.01 Å². The van der Waals surface area contributed by atoms with Crippen LogP contribution in [0.4, 0.5) is 10.1 Å². The number of aromatic amines is 1. The molecule has 0 radical (unpaired) electrons. The Balaban J connectivity index is 1.70. The average Bonchev–Trinajstić information content (AvgIpc) is 3.06. The summed E-state index contributed by atoms with van der Waals surface area (Å²) in [6.07, 6.45) is 3.33. The zero-order valence-corrected chi connectivity index (χ0v) is 16.9. The Hall–Kier alpha value is -2.44. The number of carbonyl (C=O) groups is 1. The number of rotatable bonds is 4.